The van der Waals surface area contributed by atoms with E-state index in [1.54, 1.807) is 4.90 Å². The number of carbonyl (C=O) groups excluding carboxylic acids is 2. The summed E-state index contributed by atoms with van der Waals surface area (Å²) in [5.41, 5.74) is 1.25. The number of rotatable bonds is 4. The van der Waals surface area contributed by atoms with Crippen LogP contribution < -0.4 is 5.32 Å². The van der Waals surface area contributed by atoms with E-state index in [0.29, 0.717) is 47.3 Å². The number of anilines is 1. The lowest BCUT2D eigenvalue weighted by Crippen LogP contribution is -2.42. The van der Waals surface area contributed by atoms with Crippen LogP contribution in [0.15, 0.2) is 16.3 Å². The molecule has 1 fully saturated rings. The average molecular weight is 499 g/mol. The number of fused-ring (bicyclic) bond motifs is 1. The first-order valence-electron chi connectivity index (χ1n) is 9.60. The maximum Gasteiger partial charge on any atom is 0.253 e. The number of sulfonamides is 1. The molecule has 0 radical (unpaired) electrons. The Hall–Kier alpha value is -1.97. The molecule has 2 aromatic heterocycles. The summed E-state index contributed by atoms with van der Waals surface area (Å²) in [7, 11) is -3.84. The van der Waals surface area contributed by atoms with Gasteiger partial charge in [0, 0.05) is 24.9 Å². The molecular weight excluding hydrogens is 480 g/mol. The summed E-state index contributed by atoms with van der Waals surface area (Å²) in [6, 6.07) is 4.26. The normalized spacial score (nSPS) is 19.1. The molecule has 164 valence electrons. The Kier molecular flexibility index (Phi) is 6.11. The van der Waals surface area contributed by atoms with Gasteiger partial charge in [0.15, 0.2) is 0 Å². The van der Waals surface area contributed by atoms with Crippen molar-refractivity contribution in [3.63, 3.8) is 0 Å². The Labute approximate surface area is 193 Å². The molecule has 1 N–H and O–H groups in total. The summed E-state index contributed by atoms with van der Waals surface area (Å²) < 4.78 is 27.7. The SMILES string of the molecule is CC(=O)N1CCc2c(sc(NC(=O)C3CCCN3S(=O)(=O)c3ccc(Cl)s3)c2C#N)C1. The Morgan fingerprint density at radius 1 is 1.29 bits per heavy atom. The number of hydrogen-bond donors (Lipinski definition) is 1. The lowest BCUT2D eigenvalue weighted by atomic mass is 10.0. The number of amides is 2. The molecule has 0 saturated carbocycles. The van der Waals surface area contributed by atoms with Gasteiger partial charge in [-0.05, 0) is 37.0 Å². The van der Waals surface area contributed by atoms with E-state index < -0.39 is 22.0 Å². The van der Waals surface area contributed by atoms with E-state index in [2.05, 4.69) is 11.4 Å². The monoisotopic (exact) mass is 498 g/mol. The number of nitrogens with one attached hydrogen (secondary N) is 1. The van der Waals surface area contributed by atoms with Crippen LogP contribution in [0, 0.1) is 11.3 Å². The number of hydrogen-bond acceptors (Lipinski definition) is 7. The molecule has 0 bridgehead atoms. The first-order chi connectivity index (χ1) is 14.7. The van der Waals surface area contributed by atoms with E-state index in [1.165, 1.54) is 34.7 Å². The summed E-state index contributed by atoms with van der Waals surface area (Å²) in [6.07, 6.45) is 1.51. The summed E-state index contributed by atoms with van der Waals surface area (Å²) >= 11 is 8.12. The Balaban J connectivity index is 1.57. The molecule has 8 nitrogen and oxygen atoms in total. The van der Waals surface area contributed by atoms with Crippen molar-refractivity contribution in [2.24, 2.45) is 0 Å². The van der Waals surface area contributed by atoms with E-state index in [4.69, 9.17) is 11.6 Å². The van der Waals surface area contributed by atoms with Gasteiger partial charge in [0.25, 0.3) is 10.0 Å². The predicted octanol–water partition coefficient (Wildman–Crippen LogP) is 3.03. The molecule has 1 saturated heterocycles. The summed E-state index contributed by atoms with van der Waals surface area (Å²) in [5.74, 6) is -0.495. The van der Waals surface area contributed by atoms with Gasteiger partial charge in [-0.2, -0.15) is 9.57 Å². The van der Waals surface area contributed by atoms with Crippen molar-refractivity contribution < 1.29 is 18.0 Å². The first-order valence-corrected chi connectivity index (χ1v) is 13.1. The van der Waals surface area contributed by atoms with Gasteiger partial charge in [-0.15, -0.1) is 22.7 Å². The molecule has 0 aromatic carbocycles. The minimum atomic E-state index is -3.84. The molecule has 1 unspecified atom stereocenters. The minimum absolute atomic E-state index is 0.0383. The Bertz CT molecular complexity index is 1200. The van der Waals surface area contributed by atoms with Crippen molar-refractivity contribution in [2.75, 3.05) is 18.4 Å². The lowest BCUT2D eigenvalue weighted by Gasteiger charge is -2.25. The maximum absolute atomic E-state index is 13.1. The fourth-order valence-corrected chi connectivity index (χ4v) is 8.40. The molecule has 1 atom stereocenters. The number of carbonyl (C=O) groups is 2. The number of nitriles is 1. The largest absolute Gasteiger partial charge is 0.337 e. The van der Waals surface area contributed by atoms with E-state index in [1.807, 2.05) is 0 Å². The van der Waals surface area contributed by atoms with Crippen molar-refractivity contribution in [1.29, 1.82) is 5.26 Å². The number of thiophene rings is 2. The van der Waals surface area contributed by atoms with Crippen LogP contribution in [-0.4, -0.2) is 48.6 Å². The Morgan fingerprint density at radius 2 is 2.06 bits per heavy atom. The van der Waals surface area contributed by atoms with Crippen LogP contribution in [0.2, 0.25) is 4.34 Å². The number of halogens is 1. The zero-order chi connectivity index (χ0) is 22.3. The third-order valence-electron chi connectivity index (χ3n) is 5.47. The highest BCUT2D eigenvalue weighted by molar-refractivity contribution is 7.91. The fourth-order valence-electron chi connectivity index (χ4n) is 3.92. The third kappa shape index (κ3) is 4.10. The van der Waals surface area contributed by atoms with Crippen LogP contribution in [0.25, 0.3) is 0 Å². The van der Waals surface area contributed by atoms with Gasteiger partial charge < -0.3 is 10.2 Å². The van der Waals surface area contributed by atoms with E-state index >= 15 is 0 Å². The lowest BCUT2D eigenvalue weighted by molar-refractivity contribution is -0.129. The van der Waals surface area contributed by atoms with Crippen LogP contribution in [0.5, 0.6) is 0 Å². The molecular formula is C19H19ClN4O4S3. The van der Waals surface area contributed by atoms with Gasteiger partial charge in [0.05, 0.1) is 16.4 Å². The van der Waals surface area contributed by atoms with Gasteiger partial charge in [-0.1, -0.05) is 11.6 Å². The van der Waals surface area contributed by atoms with Gasteiger partial charge >= 0.3 is 0 Å². The second kappa shape index (κ2) is 8.52. The molecule has 4 rings (SSSR count). The van der Waals surface area contributed by atoms with E-state index in [9.17, 15) is 23.3 Å². The van der Waals surface area contributed by atoms with Gasteiger partial charge in [-0.3, -0.25) is 9.59 Å². The van der Waals surface area contributed by atoms with Crippen molar-refractivity contribution in [1.82, 2.24) is 9.21 Å². The maximum atomic E-state index is 13.1. The van der Waals surface area contributed by atoms with Crippen LogP contribution in [0.1, 0.15) is 35.8 Å². The average Bonchev–Trinajstić information content (AvgIpc) is 3.45. The number of nitrogens with zero attached hydrogens (tertiary/aromatic N) is 3. The molecule has 0 spiro atoms. The highest BCUT2D eigenvalue weighted by Crippen LogP contribution is 2.38. The second-order valence-corrected chi connectivity index (χ2v) is 12.3. The van der Waals surface area contributed by atoms with Gasteiger partial charge in [-0.25, -0.2) is 8.42 Å². The standard InChI is InChI=1S/C19H19ClN4O4S3/c1-11(25)23-8-6-12-13(9-21)19(29-15(12)10-23)22-18(26)14-3-2-7-24(14)31(27,28)17-5-4-16(20)30-17/h4-5,14H,2-3,6-8,10H2,1H3,(H,22,26). The summed E-state index contributed by atoms with van der Waals surface area (Å²) in [6.45, 7) is 2.68. The van der Waals surface area contributed by atoms with Crippen molar-refractivity contribution >= 4 is 61.1 Å². The quantitative estimate of drug-likeness (QED) is 0.696. The summed E-state index contributed by atoms with van der Waals surface area (Å²) in [5, 5.41) is 12.9. The third-order valence-corrected chi connectivity index (χ3v) is 10.2. The van der Waals surface area contributed by atoms with E-state index in [-0.39, 0.29) is 16.7 Å². The molecule has 2 amide bonds. The molecule has 2 aliphatic rings. The zero-order valence-corrected chi connectivity index (χ0v) is 19.8. The fraction of sp³-hybridized carbons (Fsp3) is 0.421. The molecule has 4 heterocycles. The van der Waals surface area contributed by atoms with Crippen molar-refractivity contribution in [3.8, 4) is 6.07 Å². The smallest absolute Gasteiger partial charge is 0.253 e. The van der Waals surface area contributed by atoms with Crippen LogP contribution in [-0.2, 0) is 32.6 Å². The van der Waals surface area contributed by atoms with Crippen LogP contribution in [0.3, 0.4) is 0 Å². The minimum Gasteiger partial charge on any atom is -0.337 e. The molecule has 2 aliphatic heterocycles. The molecule has 31 heavy (non-hydrogen) atoms. The molecule has 0 aliphatic carbocycles. The van der Waals surface area contributed by atoms with E-state index in [0.717, 1.165) is 21.8 Å². The van der Waals surface area contributed by atoms with Gasteiger partial charge in [0.1, 0.15) is 21.3 Å². The van der Waals surface area contributed by atoms with Gasteiger partial charge in [0.2, 0.25) is 11.8 Å². The molecule has 12 heteroatoms. The molecule has 2 aromatic rings. The topological polar surface area (TPSA) is 111 Å². The van der Waals surface area contributed by atoms with Crippen LogP contribution in [0.4, 0.5) is 5.00 Å². The summed E-state index contributed by atoms with van der Waals surface area (Å²) in [4.78, 5) is 27.3. The van der Waals surface area contributed by atoms with Crippen molar-refractivity contribution in [3.05, 3.63) is 32.5 Å². The first kappa shape index (κ1) is 22.2. The Morgan fingerprint density at radius 3 is 2.71 bits per heavy atom. The predicted molar refractivity (Wildman–Crippen MR) is 119 cm³/mol. The highest BCUT2D eigenvalue weighted by Gasteiger charge is 2.40. The van der Waals surface area contributed by atoms with Crippen LogP contribution >= 0.6 is 34.3 Å². The zero-order valence-electron chi connectivity index (χ0n) is 16.6. The van der Waals surface area contributed by atoms with Crippen molar-refractivity contribution in [2.45, 2.75) is 43.0 Å². The highest BCUT2D eigenvalue weighted by atomic mass is 35.5. The second-order valence-electron chi connectivity index (χ2n) is 7.33.